The smallest absolute Gasteiger partial charge is 0.266 e. The summed E-state index contributed by atoms with van der Waals surface area (Å²) in [6, 6.07) is 16.2. The lowest BCUT2D eigenvalue weighted by atomic mass is 10.2. The number of rotatable bonds is 8. The fraction of sp³-hybridized carbons (Fsp3) is 0.125. The van der Waals surface area contributed by atoms with Crippen molar-refractivity contribution in [2.24, 2.45) is 0 Å². The first-order valence-electron chi connectivity index (χ1n) is 9.91. The van der Waals surface area contributed by atoms with Gasteiger partial charge < -0.3 is 10.2 Å². The van der Waals surface area contributed by atoms with Gasteiger partial charge >= 0.3 is 0 Å². The van der Waals surface area contributed by atoms with E-state index in [1.807, 2.05) is 31.1 Å². The molecular formula is C24H23ClFN3O3S. The molecule has 1 amide bonds. The molecule has 3 aromatic rings. The summed E-state index contributed by atoms with van der Waals surface area (Å²) in [4.78, 5) is 14.5. The van der Waals surface area contributed by atoms with Crippen LogP contribution in [0.1, 0.15) is 10.4 Å². The topological polar surface area (TPSA) is 69.7 Å². The minimum Gasteiger partial charge on any atom is -0.378 e. The van der Waals surface area contributed by atoms with Gasteiger partial charge in [0.05, 0.1) is 17.3 Å². The fourth-order valence-corrected chi connectivity index (χ4v) is 5.01. The summed E-state index contributed by atoms with van der Waals surface area (Å²) in [5.41, 5.74) is 1.89. The summed E-state index contributed by atoms with van der Waals surface area (Å²) in [7, 11) is -0.366. The van der Waals surface area contributed by atoms with Gasteiger partial charge in [0.15, 0.2) is 0 Å². The Labute approximate surface area is 198 Å². The number of amides is 1. The number of hydrogen-bond acceptors (Lipinski definition) is 4. The van der Waals surface area contributed by atoms with Crippen molar-refractivity contribution in [1.29, 1.82) is 0 Å². The van der Waals surface area contributed by atoms with Gasteiger partial charge in [-0.1, -0.05) is 17.7 Å². The van der Waals surface area contributed by atoms with Crippen LogP contribution in [-0.2, 0) is 10.0 Å². The third-order valence-electron chi connectivity index (χ3n) is 4.81. The molecule has 0 aliphatic heterocycles. The molecule has 3 aromatic carbocycles. The average molecular weight is 488 g/mol. The normalized spacial score (nSPS) is 11.0. The zero-order valence-corrected chi connectivity index (χ0v) is 19.7. The number of nitrogens with one attached hydrogen (secondary N) is 1. The van der Waals surface area contributed by atoms with Crippen molar-refractivity contribution in [2.75, 3.05) is 35.2 Å². The van der Waals surface area contributed by atoms with Crippen LogP contribution in [0.5, 0.6) is 0 Å². The van der Waals surface area contributed by atoms with E-state index in [1.54, 1.807) is 12.1 Å². The molecular weight excluding hydrogens is 465 g/mol. The second-order valence-corrected chi connectivity index (χ2v) is 9.58. The van der Waals surface area contributed by atoms with E-state index in [-0.39, 0.29) is 27.7 Å². The summed E-state index contributed by atoms with van der Waals surface area (Å²) >= 11 is 6.22. The lowest BCUT2D eigenvalue weighted by molar-refractivity contribution is 0.102. The van der Waals surface area contributed by atoms with Gasteiger partial charge in [0.1, 0.15) is 10.7 Å². The maximum absolute atomic E-state index is 13.4. The van der Waals surface area contributed by atoms with E-state index in [4.69, 9.17) is 11.6 Å². The Balaban J connectivity index is 1.93. The van der Waals surface area contributed by atoms with Gasteiger partial charge in [0, 0.05) is 31.0 Å². The SMILES string of the molecule is C=CCN(c1ccc(F)cc1)S(=O)(=O)c1cc(C(=O)Nc2ccc(N(C)C)cc2)ccc1Cl. The number of hydrogen-bond donors (Lipinski definition) is 1. The van der Waals surface area contributed by atoms with Crippen molar-refractivity contribution >= 4 is 44.6 Å². The summed E-state index contributed by atoms with van der Waals surface area (Å²) in [6.45, 7) is 3.53. The number of benzene rings is 3. The Morgan fingerprint density at radius 1 is 1.03 bits per heavy atom. The van der Waals surface area contributed by atoms with Crippen molar-refractivity contribution in [3.8, 4) is 0 Å². The monoisotopic (exact) mass is 487 g/mol. The van der Waals surface area contributed by atoms with Gasteiger partial charge in [-0.15, -0.1) is 6.58 Å². The first-order chi connectivity index (χ1) is 15.6. The Kier molecular flexibility index (Phi) is 7.40. The highest BCUT2D eigenvalue weighted by atomic mass is 35.5. The van der Waals surface area contributed by atoms with Crippen LogP contribution in [-0.4, -0.2) is 35.0 Å². The number of carbonyl (C=O) groups is 1. The molecule has 0 atom stereocenters. The van der Waals surface area contributed by atoms with Gasteiger partial charge in [-0.05, 0) is 66.7 Å². The Bertz CT molecular complexity index is 1260. The predicted octanol–water partition coefficient (Wildman–Crippen LogP) is 5.18. The summed E-state index contributed by atoms with van der Waals surface area (Å²) in [5.74, 6) is -0.984. The van der Waals surface area contributed by atoms with Crippen LogP contribution in [0.3, 0.4) is 0 Å². The first kappa shape index (κ1) is 24.3. The lowest BCUT2D eigenvalue weighted by Gasteiger charge is -2.24. The molecule has 0 unspecified atom stereocenters. The third kappa shape index (κ3) is 5.53. The fourth-order valence-electron chi connectivity index (χ4n) is 3.07. The molecule has 3 rings (SSSR count). The molecule has 0 aromatic heterocycles. The molecule has 9 heteroatoms. The molecule has 1 N–H and O–H groups in total. The number of sulfonamides is 1. The second-order valence-electron chi connectivity index (χ2n) is 7.34. The van der Waals surface area contributed by atoms with Gasteiger partial charge in [0.25, 0.3) is 15.9 Å². The molecule has 0 aliphatic rings. The molecule has 0 spiro atoms. The van der Waals surface area contributed by atoms with E-state index in [2.05, 4.69) is 11.9 Å². The summed E-state index contributed by atoms with van der Waals surface area (Å²) < 4.78 is 41.2. The van der Waals surface area contributed by atoms with E-state index in [0.29, 0.717) is 5.69 Å². The highest BCUT2D eigenvalue weighted by Crippen LogP contribution is 2.30. The van der Waals surface area contributed by atoms with E-state index in [1.165, 1.54) is 36.4 Å². The van der Waals surface area contributed by atoms with E-state index >= 15 is 0 Å². The Morgan fingerprint density at radius 3 is 2.21 bits per heavy atom. The first-order valence-corrected chi connectivity index (χ1v) is 11.7. The predicted molar refractivity (Wildman–Crippen MR) is 131 cm³/mol. The van der Waals surface area contributed by atoms with Crippen LogP contribution in [0.15, 0.2) is 84.3 Å². The van der Waals surface area contributed by atoms with Crippen molar-refractivity contribution in [3.63, 3.8) is 0 Å². The van der Waals surface area contributed by atoms with Gasteiger partial charge in [-0.3, -0.25) is 9.10 Å². The number of anilines is 3. The Hall–Kier alpha value is -3.36. The maximum atomic E-state index is 13.4. The van der Waals surface area contributed by atoms with Crippen LogP contribution in [0.2, 0.25) is 5.02 Å². The van der Waals surface area contributed by atoms with Crippen molar-refractivity contribution in [3.05, 3.63) is 95.8 Å². The summed E-state index contributed by atoms with van der Waals surface area (Å²) in [6.07, 6.45) is 1.41. The number of carbonyl (C=O) groups excluding carboxylic acids is 1. The van der Waals surface area contributed by atoms with Gasteiger partial charge in [-0.25, -0.2) is 12.8 Å². The lowest BCUT2D eigenvalue weighted by Crippen LogP contribution is -2.31. The average Bonchev–Trinajstić information content (AvgIpc) is 2.78. The number of nitrogens with zero attached hydrogens (tertiary/aromatic N) is 2. The molecule has 0 saturated heterocycles. The molecule has 33 heavy (non-hydrogen) atoms. The zero-order valence-electron chi connectivity index (χ0n) is 18.1. The Morgan fingerprint density at radius 2 is 1.64 bits per heavy atom. The molecule has 6 nitrogen and oxygen atoms in total. The van der Waals surface area contributed by atoms with Crippen molar-refractivity contribution < 1.29 is 17.6 Å². The standard InChI is InChI=1S/C24H23ClFN3O3S/c1-4-15-29(21-10-6-18(26)7-11-21)33(31,32)23-16-17(5-14-22(23)25)24(30)27-19-8-12-20(13-9-19)28(2)3/h4-14,16H,1,15H2,2-3H3,(H,27,30). The van der Waals surface area contributed by atoms with E-state index in [0.717, 1.165) is 22.1 Å². The second kappa shape index (κ2) is 10.1. The molecule has 172 valence electrons. The minimum absolute atomic E-state index is 0.0435. The molecule has 0 heterocycles. The molecule has 0 fully saturated rings. The van der Waals surface area contributed by atoms with E-state index in [9.17, 15) is 17.6 Å². The summed E-state index contributed by atoms with van der Waals surface area (Å²) in [5, 5.41) is 2.70. The van der Waals surface area contributed by atoms with Crippen molar-refractivity contribution in [1.82, 2.24) is 0 Å². The zero-order chi connectivity index (χ0) is 24.2. The largest absolute Gasteiger partial charge is 0.378 e. The molecule has 0 saturated carbocycles. The molecule has 0 aliphatic carbocycles. The van der Waals surface area contributed by atoms with Crippen LogP contribution in [0.4, 0.5) is 21.5 Å². The van der Waals surface area contributed by atoms with Crippen LogP contribution < -0.4 is 14.5 Å². The quantitative estimate of drug-likeness (QED) is 0.444. The van der Waals surface area contributed by atoms with E-state index < -0.39 is 21.7 Å². The van der Waals surface area contributed by atoms with Gasteiger partial charge in [0.2, 0.25) is 0 Å². The van der Waals surface area contributed by atoms with Crippen LogP contribution in [0.25, 0.3) is 0 Å². The number of halogens is 2. The van der Waals surface area contributed by atoms with Gasteiger partial charge in [-0.2, -0.15) is 0 Å². The maximum Gasteiger partial charge on any atom is 0.266 e. The highest BCUT2D eigenvalue weighted by Gasteiger charge is 2.27. The minimum atomic E-state index is -4.18. The third-order valence-corrected chi connectivity index (χ3v) is 7.09. The highest BCUT2D eigenvalue weighted by molar-refractivity contribution is 7.93. The molecule has 0 bridgehead atoms. The van der Waals surface area contributed by atoms with Crippen LogP contribution >= 0.6 is 11.6 Å². The van der Waals surface area contributed by atoms with Crippen molar-refractivity contribution in [2.45, 2.75) is 4.90 Å². The molecule has 0 radical (unpaired) electrons. The van der Waals surface area contributed by atoms with Crippen LogP contribution in [0, 0.1) is 5.82 Å².